The first-order valence-corrected chi connectivity index (χ1v) is 8.01. The monoisotopic (exact) mass is 390 g/mol. The molecule has 1 aromatic heterocycles. The largest absolute Gasteiger partial charge is 0.457 e. The summed E-state index contributed by atoms with van der Waals surface area (Å²) in [5, 5.41) is 0.365. The minimum atomic E-state index is -0.0804. The molecule has 0 fully saturated rings. The van der Waals surface area contributed by atoms with Crippen LogP contribution in [0.2, 0.25) is 5.02 Å². The number of aromatic nitrogens is 2. The Morgan fingerprint density at radius 3 is 2.57 bits per heavy atom. The summed E-state index contributed by atoms with van der Waals surface area (Å²) < 4.78 is 8.40. The van der Waals surface area contributed by atoms with Crippen molar-refractivity contribution >= 4 is 33.3 Å². The highest BCUT2D eigenvalue weighted by atomic mass is 79.9. The van der Waals surface area contributed by atoms with Gasteiger partial charge in [0.1, 0.15) is 11.5 Å². The first kappa shape index (κ1) is 15.8. The molecule has 0 N–H and O–H groups in total. The fraction of sp³-hybridized carbons (Fsp3) is 0.0588. The number of Topliss-reactive ketones (excluding diaryl/α,β-unsaturated/α-hetero) is 1. The van der Waals surface area contributed by atoms with Gasteiger partial charge in [-0.1, -0.05) is 27.5 Å². The number of hydrogen-bond donors (Lipinski definition) is 0. The third-order valence-electron chi connectivity index (χ3n) is 3.18. The normalized spacial score (nSPS) is 10.5. The number of halogens is 2. The Balaban J connectivity index is 1.75. The maximum absolute atomic E-state index is 12.3. The van der Waals surface area contributed by atoms with Crippen LogP contribution in [0.5, 0.6) is 11.5 Å². The number of carbonyl (C=O) groups is 1. The zero-order valence-electron chi connectivity index (χ0n) is 11.9. The van der Waals surface area contributed by atoms with Gasteiger partial charge in [0.05, 0.1) is 17.9 Å². The van der Waals surface area contributed by atoms with E-state index in [0.29, 0.717) is 22.1 Å². The van der Waals surface area contributed by atoms with Crippen molar-refractivity contribution in [2.75, 3.05) is 0 Å². The van der Waals surface area contributed by atoms with Gasteiger partial charge in [-0.25, -0.2) is 4.98 Å². The summed E-state index contributed by atoms with van der Waals surface area (Å²) in [7, 11) is 0. The number of imidazole rings is 1. The van der Waals surface area contributed by atoms with Gasteiger partial charge in [0.25, 0.3) is 0 Å². The van der Waals surface area contributed by atoms with Gasteiger partial charge in [-0.3, -0.25) is 4.79 Å². The van der Waals surface area contributed by atoms with Crippen LogP contribution in [-0.2, 0) is 6.54 Å². The Hall–Kier alpha value is -2.11. The van der Waals surface area contributed by atoms with Crippen LogP contribution in [0.1, 0.15) is 10.4 Å². The van der Waals surface area contributed by atoms with E-state index < -0.39 is 0 Å². The van der Waals surface area contributed by atoms with Crippen molar-refractivity contribution < 1.29 is 9.53 Å². The molecule has 0 atom stereocenters. The molecule has 0 bridgehead atoms. The molecule has 0 aliphatic rings. The van der Waals surface area contributed by atoms with Gasteiger partial charge in [0.2, 0.25) is 0 Å². The van der Waals surface area contributed by atoms with Gasteiger partial charge in [0, 0.05) is 28.5 Å². The highest BCUT2D eigenvalue weighted by molar-refractivity contribution is 9.10. The lowest BCUT2D eigenvalue weighted by Crippen LogP contribution is -2.09. The topological polar surface area (TPSA) is 44.1 Å². The molecule has 23 heavy (non-hydrogen) atoms. The van der Waals surface area contributed by atoms with Crippen molar-refractivity contribution in [2.45, 2.75) is 6.54 Å². The van der Waals surface area contributed by atoms with E-state index in [0.717, 1.165) is 4.47 Å². The van der Waals surface area contributed by atoms with Crippen molar-refractivity contribution in [3.05, 3.63) is 76.2 Å². The van der Waals surface area contributed by atoms with E-state index in [1.165, 1.54) is 0 Å². The minimum absolute atomic E-state index is 0.0804. The second-order valence-corrected chi connectivity index (χ2v) is 6.18. The first-order chi connectivity index (χ1) is 11.1. The van der Waals surface area contributed by atoms with E-state index in [4.69, 9.17) is 16.3 Å². The summed E-state index contributed by atoms with van der Waals surface area (Å²) >= 11 is 9.59. The predicted molar refractivity (Wildman–Crippen MR) is 92.2 cm³/mol. The Kier molecular flexibility index (Phi) is 4.79. The SMILES string of the molecule is O=C(Cn1ccnc1)c1ccc(Oc2ccc(Br)cc2)cc1Cl. The number of hydrogen-bond acceptors (Lipinski definition) is 3. The fourth-order valence-electron chi connectivity index (χ4n) is 2.06. The molecule has 0 spiro atoms. The highest BCUT2D eigenvalue weighted by Gasteiger charge is 2.12. The maximum Gasteiger partial charge on any atom is 0.184 e. The van der Waals surface area contributed by atoms with Crippen molar-refractivity contribution in [3.63, 3.8) is 0 Å². The van der Waals surface area contributed by atoms with E-state index >= 15 is 0 Å². The van der Waals surface area contributed by atoms with Gasteiger partial charge in [-0.2, -0.15) is 0 Å². The van der Waals surface area contributed by atoms with Crippen molar-refractivity contribution in [3.8, 4) is 11.5 Å². The van der Waals surface area contributed by atoms with Gasteiger partial charge >= 0.3 is 0 Å². The van der Waals surface area contributed by atoms with Crippen molar-refractivity contribution in [1.29, 1.82) is 0 Å². The number of rotatable bonds is 5. The Morgan fingerprint density at radius 1 is 1.17 bits per heavy atom. The highest BCUT2D eigenvalue weighted by Crippen LogP contribution is 2.28. The van der Waals surface area contributed by atoms with Crippen molar-refractivity contribution in [2.24, 2.45) is 0 Å². The lowest BCUT2D eigenvalue weighted by atomic mass is 10.1. The fourth-order valence-corrected chi connectivity index (χ4v) is 2.60. The van der Waals surface area contributed by atoms with Gasteiger partial charge in [-0.15, -0.1) is 0 Å². The van der Waals surface area contributed by atoms with E-state index in [1.807, 2.05) is 24.3 Å². The average Bonchev–Trinajstić information content (AvgIpc) is 3.02. The molecule has 3 rings (SSSR count). The lowest BCUT2D eigenvalue weighted by Gasteiger charge is -2.09. The van der Waals surface area contributed by atoms with E-state index in [9.17, 15) is 4.79 Å². The van der Waals surface area contributed by atoms with Crippen LogP contribution in [0.15, 0.2) is 65.7 Å². The molecule has 0 aliphatic carbocycles. The molecule has 0 aliphatic heterocycles. The smallest absolute Gasteiger partial charge is 0.184 e. The van der Waals surface area contributed by atoms with Crippen LogP contribution >= 0.6 is 27.5 Å². The summed E-state index contributed by atoms with van der Waals surface area (Å²) in [6.45, 7) is 0.201. The predicted octanol–water partition coefficient (Wildman–Crippen LogP) is 4.97. The molecule has 0 amide bonds. The van der Waals surface area contributed by atoms with E-state index in [-0.39, 0.29) is 12.3 Å². The molecule has 1 heterocycles. The Morgan fingerprint density at radius 2 is 1.91 bits per heavy atom. The summed E-state index contributed by atoms with van der Waals surface area (Å²) in [6, 6.07) is 12.5. The molecule has 0 saturated carbocycles. The zero-order valence-corrected chi connectivity index (χ0v) is 14.3. The van der Waals surface area contributed by atoms with Crippen LogP contribution in [0.4, 0.5) is 0 Å². The first-order valence-electron chi connectivity index (χ1n) is 6.84. The molecular weight excluding hydrogens is 380 g/mol. The number of ether oxygens (including phenoxy) is 1. The molecule has 2 aromatic carbocycles. The summed E-state index contributed by atoms with van der Waals surface area (Å²) in [6.07, 6.45) is 4.96. The molecule has 116 valence electrons. The molecule has 0 radical (unpaired) electrons. The van der Waals surface area contributed by atoms with Gasteiger partial charge < -0.3 is 9.30 Å². The number of ketones is 1. The summed E-state index contributed by atoms with van der Waals surface area (Å²) in [5.74, 6) is 1.20. The average molecular weight is 392 g/mol. The minimum Gasteiger partial charge on any atom is -0.457 e. The second kappa shape index (κ2) is 6.98. The zero-order chi connectivity index (χ0) is 16.2. The molecule has 3 aromatic rings. The molecule has 4 nitrogen and oxygen atoms in total. The van der Waals surface area contributed by atoms with E-state index in [2.05, 4.69) is 20.9 Å². The summed E-state index contributed by atoms with van der Waals surface area (Å²) in [5.41, 5.74) is 0.462. The standard InChI is InChI=1S/C17H12BrClN2O2/c18-12-1-3-13(4-2-12)23-14-5-6-15(16(19)9-14)17(22)10-21-8-7-20-11-21/h1-9,11H,10H2. The maximum atomic E-state index is 12.3. The Labute approximate surface area is 146 Å². The molecule has 0 saturated heterocycles. The van der Waals surface area contributed by atoms with Crippen molar-refractivity contribution in [1.82, 2.24) is 9.55 Å². The molecular formula is C17H12BrClN2O2. The van der Waals surface area contributed by atoms with Gasteiger partial charge in [0.15, 0.2) is 5.78 Å². The molecule has 0 unspecified atom stereocenters. The Bertz CT molecular complexity index is 817. The second-order valence-electron chi connectivity index (χ2n) is 4.86. The number of carbonyl (C=O) groups excluding carboxylic acids is 1. The van der Waals surface area contributed by atoms with Gasteiger partial charge in [-0.05, 0) is 36.4 Å². The van der Waals surface area contributed by atoms with Crippen LogP contribution in [0.3, 0.4) is 0 Å². The quantitative estimate of drug-likeness (QED) is 0.577. The third kappa shape index (κ3) is 4.00. The van der Waals surface area contributed by atoms with Crippen LogP contribution in [-0.4, -0.2) is 15.3 Å². The summed E-state index contributed by atoms with van der Waals surface area (Å²) in [4.78, 5) is 16.2. The molecule has 6 heteroatoms. The van der Waals surface area contributed by atoms with E-state index in [1.54, 1.807) is 41.5 Å². The van der Waals surface area contributed by atoms with Crippen LogP contribution in [0.25, 0.3) is 0 Å². The number of benzene rings is 2. The van der Waals surface area contributed by atoms with Crippen LogP contribution in [0, 0.1) is 0 Å². The third-order valence-corrected chi connectivity index (χ3v) is 4.02. The number of nitrogens with zero attached hydrogens (tertiary/aromatic N) is 2. The van der Waals surface area contributed by atoms with Crippen LogP contribution < -0.4 is 4.74 Å². The lowest BCUT2D eigenvalue weighted by molar-refractivity contribution is 0.0972.